The number of rotatable bonds is 3. The second-order valence-corrected chi connectivity index (χ2v) is 3.43. The third-order valence-electron chi connectivity index (χ3n) is 2.39. The zero-order chi connectivity index (χ0) is 11.4. The Labute approximate surface area is 94.5 Å². The molecule has 1 aromatic rings. The average Bonchev–Trinajstić information content (AvgIpc) is 2.79. The molecular weight excluding hydrogens is 202 g/mol. The Morgan fingerprint density at radius 2 is 2.12 bits per heavy atom. The minimum absolute atomic E-state index is 0.338. The summed E-state index contributed by atoms with van der Waals surface area (Å²) in [6.07, 6.45) is 2.44. The van der Waals surface area contributed by atoms with E-state index in [0.29, 0.717) is 18.7 Å². The molecule has 1 aromatic carbocycles. The molecule has 0 saturated carbocycles. The standard InChI is InChI=1S/C13H13NO2/c1-2-16-13(15)12-11(8-9-14-12)10-6-4-3-5-7-10/h3-7,9H,2,8H2,1H3. The fourth-order valence-electron chi connectivity index (χ4n) is 1.67. The summed E-state index contributed by atoms with van der Waals surface area (Å²) in [5.41, 5.74) is 2.41. The van der Waals surface area contributed by atoms with E-state index in [4.69, 9.17) is 4.74 Å². The Morgan fingerprint density at radius 3 is 2.81 bits per heavy atom. The van der Waals surface area contributed by atoms with E-state index in [1.54, 1.807) is 13.1 Å². The van der Waals surface area contributed by atoms with E-state index in [-0.39, 0.29) is 5.97 Å². The molecule has 3 heteroatoms. The van der Waals surface area contributed by atoms with Crippen LogP contribution in [0.15, 0.2) is 41.0 Å². The van der Waals surface area contributed by atoms with Crippen LogP contribution in [0.5, 0.6) is 0 Å². The van der Waals surface area contributed by atoms with E-state index < -0.39 is 0 Å². The number of hydrogen-bond donors (Lipinski definition) is 0. The summed E-state index contributed by atoms with van der Waals surface area (Å²) in [4.78, 5) is 15.7. The van der Waals surface area contributed by atoms with E-state index in [1.807, 2.05) is 30.3 Å². The molecule has 0 amide bonds. The van der Waals surface area contributed by atoms with Crippen molar-refractivity contribution in [1.82, 2.24) is 0 Å². The molecule has 0 unspecified atom stereocenters. The van der Waals surface area contributed by atoms with Gasteiger partial charge in [-0.05, 0) is 18.1 Å². The van der Waals surface area contributed by atoms with Crippen molar-refractivity contribution < 1.29 is 9.53 Å². The molecule has 0 saturated heterocycles. The maximum absolute atomic E-state index is 11.6. The molecule has 0 radical (unpaired) electrons. The number of nitrogens with zero attached hydrogens (tertiary/aromatic N) is 1. The van der Waals surface area contributed by atoms with Gasteiger partial charge in [0.25, 0.3) is 0 Å². The van der Waals surface area contributed by atoms with Gasteiger partial charge in [0.05, 0.1) is 6.61 Å². The quantitative estimate of drug-likeness (QED) is 0.726. The van der Waals surface area contributed by atoms with Crippen molar-refractivity contribution in [3.05, 3.63) is 41.6 Å². The first-order valence-corrected chi connectivity index (χ1v) is 5.31. The van der Waals surface area contributed by atoms with Gasteiger partial charge in [0, 0.05) is 12.6 Å². The predicted octanol–water partition coefficient (Wildman–Crippen LogP) is 2.44. The molecule has 0 bridgehead atoms. The van der Waals surface area contributed by atoms with Crippen LogP contribution >= 0.6 is 0 Å². The Bertz CT molecular complexity index is 446. The van der Waals surface area contributed by atoms with Crippen LogP contribution in [-0.4, -0.2) is 18.8 Å². The third-order valence-corrected chi connectivity index (χ3v) is 2.39. The normalized spacial score (nSPS) is 14.3. The number of esters is 1. The molecule has 3 nitrogen and oxygen atoms in total. The Kier molecular flexibility index (Phi) is 3.15. The molecule has 1 aliphatic rings. The summed E-state index contributed by atoms with van der Waals surface area (Å²) in [6, 6.07) is 9.79. The van der Waals surface area contributed by atoms with Crippen molar-refractivity contribution in [2.45, 2.75) is 13.3 Å². The van der Waals surface area contributed by atoms with Gasteiger partial charge >= 0.3 is 5.97 Å². The molecule has 0 aromatic heterocycles. The fourth-order valence-corrected chi connectivity index (χ4v) is 1.67. The van der Waals surface area contributed by atoms with Gasteiger partial charge in [-0.3, -0.25) is 4.99 Å². The van der Waals surface area contributed by atoms with Gasteiger partial charge in [-0.2, -0.15) is 0 Å². The van der Waals surface area contributed by atoms with Gasteiger partial charge in [-0.1, -0.05) is 30.3 Å². The molecule has 1 heterocycles. The van der Waals surface area contributed by atoms with Crippen LogP contribution in [0.3, 0.4) is 0 Å². The summed E-state index contributed by atoms with van der Waals surface area (Å²) in [6.45, 7) is 2.17. The summed E-state index contributed by atoms with van der Waals surface area (Å²) in [7, 11) is 0. The molecule has 0 atom stereocenters. The lowest BCUT2D eigenvalue weighted by molar-refractivity contribution is -0.138. The number of allylic oxidation sites excluding steroid dienone is 1. The van der Waals surface area contributed by atoms with Gasteiger partial charge in [0.15, 0.2) is 5.70 Å². The van der Waals surface area contributed by atoms with Crippen LogP contribution in [0.4, 0.5) is 0 Å². The summed E-state index contributed by atoms with van der Waals surface area (Å²) < 4.78 is 4.97. The maximum atomic E-state index is 11.6. The van der Waals surface area contributed by atoms with Crippen molar-refractivity contribution >= 4 is 17.8 Å². The Hall–Kier alpha value is -1.90. The molecule has 16 heavy (non-hydrogen) atoms. The highest BCUT2D eigenvalue weighted by Gasteiger charge is 2.20. The number of carbonyl (C=O) groups is 1. The number of ether oxygens (including phenoxy) is 1. The SMILES string of the molecule is CCOC(=O)C1=C(c2ccccc2)CC=N1. The lowest BCUT2D eigenvalue weighted by atomic mass is 10.0. The summed E-state index contributed by atoms with van der Waals surface area (Å²) in [5.74, 6) is -0.338. The van der Waals surface area contributed by atoms with E-state index >= 15 is 0 Å². The van der Waals surface area contributed by atoms with E-state index in [1.165, 1.54) is 0 Å². The summed E-state index contributed by atoms with van der Waals surface area (Å²) in [5, 5.41) is 0. The molecule has 0 N–H and O–H groups in total. The first-order chi connectivity index (χ1) is 7.83. The predicted molar refractivity (Wildman–Crippen MR) is 63.1 cm³/mol. The lowest BCUT2D eigenvalue weighted by Gasteiger charge is -2.05. The second kappa shape index (κ2) is 4.75. The second-order valence-electron chi connectivity index (χ2n) is 3.43. The Morgan fingerprint density at radius 1 is 1.38 bits per heavy atom. The van der Waals surface area contributed by atoms with Crippen molar-refractivity contribution in [3.8, 4) is 0 Å². The van der Waals surface area contributed by atoms with Crippen LogP contribution < -0.4 is 0 Å². The molecule has 2 rings (SSSR count). The zero-order valence-corrected chi connectivity index (χ0v) is 9.14. The van der Waals surface area contributed by atoms with Crippen molar-refractivity contribution in [2.24, 2.45) is 4.99 Å². The van der Waals surface area contributed by atoms with Crippen molar-refractivity contribution in [2.75, 3.05) is 6.61 Å². The van der Waals surface area contributed by atoms with Crippen molar-refractivity contribution in [1.29, 1.82) is 0 Å². The average molecular weight is 215 g/mol. The number of carbonyl (C=O) groups excluding carboxylic acids is 1. The van der Waals surface area contributed by atoms with Gasteiger partial charge < -0.3 is 4.74 Å². The van der Waals surface area contributed by atoms with Gasteiger partial charge in [-0.15, -0.1) is 0 Å². The largest absolute Gasteiger partial charge is 0.461 e. The number of benzene rings is 1. The lowest BCUT2D eigenvalue weighted by Crippen LogP contribution is -2.06. The summed E-state index contributed by atoms with van der Waals surface area (Å²) >= 11 is 0. The number of aliphatic imine (C=N–C) groups is 1. The third kappa shape index (κ3) is 2.03. The smallest absolute Gasteiger partial charge is 0.357 e. The highest BCUT2D eigenvalue weighted by Crippen LogP contribution is 2.27. The van der Waals surface area contributed by atoms with Gasteiger partial charge in [0.1, 0.15) is 0 Å². The van der Waals surface area contributed by atoms with Gasteiger partial charge in [-0.25, -0.2) is 4.79 Å². The maximum Gasteiger partial charge on any atom is 0.357 e. The Balaban J connectivity index is 2.33. The first-order valence-electron chi connectivity index (χ1n) is 5.31. The highest BCUT2D eigenvalue weighted by molar-refractivity contribution is 6.04. The van der Waals surface area contributed by atoms with Crippen LogP contribution in [-0.2, 0) is 9.53 Å². The minimum atomic E-state index is -0.338. The van der Waals surface area contributed by atoms with E-state index in [9.17, 15) is 4.79 Å². The van der Waals surface area contributed by atoms with Gasteiger partial charge in [0.2, 0.25) is 0 Å². The molecule has 0 aliphatic carbocycles. The minimum Gasteiger partial charge on any atom is -0.461 e. The molecule has 0 fully saturated rings. The zero-order valence-electron chi connectivity index (χ0n) is 9.14. The first kappa shape index (κ1) is 10.6. The number of hydrogen-bond acceptors (Lipinski definition) is 3. The molecule has 1 aliphatic heterocycles. The molecular formula is C13H13NO2. The highest BCUT2D eigenvalue weighted by atomic mass is 16.5. The topological polar surface area (TPSA) is 38.7 Å². The van der Waals surface area contributed by atoms with E-state index in [0.717, 1.165) is 11.1 Å². The van der Waals surface area contributed by atoms with Crippen LogP contribution in [0, 0.1) is 0 Å². The van der Waals surface area contributed by atoms with Crippen LogP contribution in [0.2, 0.25) is 0 Å². The molecule has 0 spiro atoms. The van der Waals surface area contributed by atoms with Crippen LogP contribution in [0.25, 0.3) is 5.57 Å². The van der Waals surface area contributed by atoms with E-state index in [2.05, 4.69) is 4.99 Å². The van der Waals surface area contributed by atoms with Crippen LogP contribution in [0.1, 0.15) is 18.9 Å². The molecule has 82 valence electrons. The fraction of sp³-hybridized carbons (Fsp3) is 0.231. The monoisotopic (exact) mass is 215 g/mol. The van der Waals surface area contributed by atoms with Crippen molar-refractivity contribution in [3.63, 3.8) is 0 Å².